The number of rotatable bonds is 10. The van der Waals surface area contributed by atoms with Crippen molar-refractivity contribution in [1.29, 1.82) is 0 Å². The van der Waals surface area contributed by atoms with E-state index < -0.39 is 0 Å². The van der Waals surface area contributed by atoms with Crippen LogP contribution in [0.1, 0.15) is 24.4 Å². The van der Waals surface area contributed by atoms with Crippen molar-refractivity contribution in [3.05, 3.63) is 48.2 Å². The van der Waals surface area contributed by atoms with Crippen molar-refractivity contribution in [2.75, 3.05) is 27.1 Å². The number of nitrogens with one attached hydrogen (secondary N) is 2. The molecule has 0 aliphatic heterocycles. The van der Waals surface area contributed by atoms with E-state index in [1.807, 2.05) is 30.5 Å². The molecule has 1 aliphatic rings. The topological polar surface area (TPSA) is 103 Å². The number of carbonyl (C=O) groups excluding carboxylic acids is 1. The average Bonchev–Trinajstić information content (AvgIpc) is 3.50. The first-order valence-corrected chi connectivity index (χ1v) is 12.3. The molecular formula is C25H27N5O4S. The number of hydrogen-bond donors (Lipinski definition) is 2. The highest BCUT2D eigenvalue weighted by atomic mass is 32.2. The monoisotopic (exact) mass is 493 g/mol. The fourth-order valence-electron chi connectivity index (χ4n) is 4.08. The van der Waals surface area contributed by atoms with Crippen LogP contribution in [0.15, 0.2) is 47.8 Å². The summed E-state index contributed by atoms with van der Waals surface area (Å²) in [5, 5.41) is 13.8. The van der Waals surface area contributed by atoms with Crippen LogP contribution in [0.2, 0.25) is 0 Å². The summed E-state index contributed by atoms with van der Waals surface area (Å²) in [5.74, 6) is 2.73. The van der Waals surface area contributed by atoms with Crippen molar-refractivity contribution in [2.24, 2.45) is 0 Å². The third-order valence-corrected chi connectivity index (χ3v) is 6.94. The van der Waals surface area contributed by atoms with Gasteiger partial charge in [-0.1, -0.05) is 30.0 Å². The Labute approximate surface area is 207 Å². The second-order valence-electron chi connectivity index (χ2n) is 8.24. The molecule has 1 saturated carbocycles. The van der Waals surface area contributed by atoms with Gasteiger partial charge in [0.15, 0.2) is 22.5 Å². The number of ether oxygens (including phenoxy) is 3. The van der Waals surface area contributed by atoms with Crippen LogP contribution in [-0.4, -0.2) is 52.7 Å². The Morgan fingerprint density at radius 2 is 1.83 bits per heavy atom. The number of aromatic nitrogens is 4. The molecule has 1 amide bonds. The summed E-state index contributed by atoms with van der Waals surface area (Å²) >= 11 is 1.40. The highest BCUT2D eigenvalue weighted by Crippen LogP contribution is 2.42. The van der Waals surface area contributed by atoms with E-state index in [0.717, 1.165) is 45.9 Å². The van der Waals surface area contributed by atoms with Crippen LogP contribution in [-0.2, 0) is 11.3 Å². The Morgan fingerprint density at radius 3 is 2.57 bits per heavy atom. The molecule has 2 aromatic carbocycles. The SMILES string of the molecule is COc1cc(OC)c(OC)cc1CNC(=O)CSc1nnc(-c2c[nH]c3ccccc23)n1C1CC1. The van der Waals surface area contributed by atoms with Crippen LogP contribution in [0.4, 0.5) is 0 Å². The van der Waals surface area contributed by atoms with Crippen LogP contribution in [0.5, 0.6) is 17.2 Å². The first-order chi connectivity index (χ1) is 17.1. The van der Waals surface area contributed by atoms with Crippen LogP contribution in [0, 0.1) is 0 Å². The number of aromatic amines is 1. The summed E-state index contributed by atoms with van der Waals surface area (Å²) in [5.41, 5.74) is 2.88. The van der Waals surface area contributed by atoms with Gasteiger partial charge in [0, 0.05) is 46.9 Å². The molecule has 4 aromatic rings. The lowest BCUT2D eigenvalue weighted by Crippen LogP contribution is -2.25. The van der Waals surface area contributed by atoms with Gasteiger partial charge in [0.1, 0.15) is 5.75 Å². The van der Waals surface area contributed by atoms with Gasteiger partial charge in [0.05, 0.1) is 27.1 Å². The Balaban J connectivity index is 1.28. The predicted octanol–water partition coefficient (Wildman–Crippen LogP) is 4.20. The summed E-state index contributed by atoms with van der Waals surface area (Å²) < 4.78 is 18.3. The number of thioether (sulfide) groups is 1. The van der Waals surface area contributed by atoms with Crippen molar-refractivity contribution < 1.29 is 19.0 Å². The lowest BCUT2D eigenvalue weighted by molar-refractivity contribution is -0.118. The second-order valence-corrected chi connectivity index (χ2v) is 9.18. The Bertz CT molecular complexity index is 1360. The number of fused-ring (bicyclic) bond motifs is 1. The quantitative estimate of drug-likeness (QED) is 0.319. The van der Waals surface area contributed by atoms with E-state index in [9.17, 15) is 4.79 Å². The summed E-state index contributed by atoms with van der Waals surface area (Å²) in [4.78, 5) is 16.0. The number of amides is 1. The molecule has 9 nitrogen and oxygen atoms in total. The number of para-hydroxylation sites is 1. The molecule has 0 saturated heterocycles. The number of methoxy groups -OCH3 is 3. The zero-order chi connectivity index (χ0) is 24.4. The van der Waals surface area contributed by atoms with E-state index in [1.54, 1.807) is 27.4 Å². The number of hydrogen-bond acceptors (Lipinski definition) is 7. The lowest BCUT2D eigenvalue weighted by Gasteiger charge is -2.14. The van der Waals surface area contributed by atoms with Gasteiger partial charge in [0.2, 0.25) is 5.91 Å². The second kappa shape index (κ2) is 9.91. The fourth-order valence-corrected chi connectivity index (χ4v) is 4.92. The molecule has 2 N–H and O–H groups in total. The largest absolute Gasteiger partial charge is 0.496 e. The maximum Gasteiger partial charge on any atom is 0.230 e. The molecule has 2 heterocycles. The van der Waals surface area contributed by atoms with Crippen molar-refractivity contribution in [3.63, 3.8) is 0 Å². The zero-order valence-electron chi connectivity index (χ0n) is 19.8. The molecule has 2 aromatic heterocycles. The predicted molar refractivity (Wildman–Crippen MR) is 134 cm³/mol. The minimum absolute atomic E-state index is 0.106. The van der Waals surface area contributed by atoms with E-state index in [-0.39, 0.29) is 11.7 Å². The van der Waals surface area contributed by atoms with Gasteiger partial charge in [-0.25, -0.2) is 0 Å². The van der Waals surface area contributed by atoms with E-state index in [1.165, 1.54) is 11.8 Å². The number of benzene rings is 2. The van der Waals surface area contributed by atoms with Gasteiger partial charge in [-0.2, -0.15) is 0 Å². The molecule has 10 heteroatoms. The van der Waals surface area contributed by atoms with E-state index >= 15 is 0 Å². The van der Waals surface area contributed by atoms with E-state index in [2.05, 4.69) is 31.1 Å². The molecule has 1 aliphatic carbocycles. The number of H-pyrrole nitrogens is 1. The van der Waals surface area contributed by atoms with Gasteiger partial charge in [-0.05, 0) is 25.0 Å². The smallest absolute Gasteiger partial charge is 0.230 e. The van der Waals surface area contributed by atoms with Crippen LogP contribution >= 0.6 is 11.8 Å². The molecular weight excluding hydrogens is 466 g/mol. The first kappa shape index (κ1) is 23.1. The van der Waals surface area contributed by atoms with Gasteiger partial charge >= 0.3 is 0 Å². The Hall–Kier alpha value is -3.66. The Kier molecular flexibility index (Phi) is 6.54. The molecule has 0 atom stereocenters. The fraction of sp³-hybridized carbons (Fsp3) is 0.320. The van der Waals surface area contributed by atoms with Crippen LogP contribution < -0.4 is 19.5 Å². The number of carbonyl (C=O) groups is 1. The molecule has 0 bridgehead atoms. The first-order valence-electron chi connectivity index (χ1n) is 11.3. The number of nitrogens with zero attached hydrogens (tertiary/aromatic N) is 3. The van der Waals surface area contributed by atoms with Gasteiger partial charge in [0.25, 0.3) is 0 Å². The molecule has 182 valence electrons. The highest BCUT2D eigenvalue weighted by Gasteiger charge is 2.31. The molecule has 0 radical (unpaired) electrons. The minimum Gasteiger partial charge on any atom is -0.496 e. The third kappa shape index (κ3) is 4.66. The van der Waals surface area contributed by atoms with Crippen molar-refractivity contribution in [1.82, 2.24) is 25.1 Å². The Morgan fingerprint density at radius 1 is 1.09 bits per heavy atom. The normalized spacial score (nSPS) is 13.1. The maximum absolute atomic E-state index is 12.7. The molecule has 5 rings (SSSR count). The summed E-state index contributed by atoms with van der Waals surface area (Å²) in [6.45, 7) is 0.304. The minimum atomic E-state index is -0.106. The van der Waals surface area contributed by atoms with Crippen molar-refractivity contribution in [3.8, 4) is 28.6 Å². The highest BCUT2D eigenvalue weighted by molar-refractivity contribution is 7.99. The van der Waals surface area contributed by atoms with Crippen molar-refractivity contribution in [2.45, 2.75) is 30.6 Å². The van der Waals surface area contributed by atoms with Crippen molar-refractivity contribution >= 4 is 28.6 Å². The molecule has 1 fully saturated rings. The lowest BCUT2D eigenvalue weighted by atomic mass is 10.1. The molecule has 0 spiro atoms. The summed E-state index contributed by atoms with van der Waals surface area (Å²) in [7, 11) is 4.72. The van der Waals surface area contributed by atoms with Gasteiger partial charge in [-0.3, -0.25) is 9.36 Å². The standard InChI is InChI=1S/C25H27N5O4S/c1-32-20-11-22(34-3)21(33-2)10-15(20)12-27-23(31)14-35-25-29-28-24(30(25)16-8-9-16)18-13-26-19-7-5-4-6-17(18)19/h4-7,10-11,13,16,26H,8-9,12,14H2,1-3H3,(H,27,31). The van der Waals surface area contributed by atoms with Gasteiger partial charge < -0.3 is 24.5 Å². The van der Waals surface area contributed by atoms with Crippen LogP contribution in [0.3, 0.4) is 0 Å². The summed E-state index contributed by atoms with van der Waals surface area (Å²) in [6.07, 6.45) is 4.16. The van der Waals surface area contributed by atoms with E-state index in [4.69, 9.17) is 14.2 Å². The molecule has 35 heavy (non-hydrogen) atoms. The zero-order valence-corrected chi connectivity index (χ0v) is 20.6. The van der Waals surface area contributed by atoms with Crippen LogP contribution in [0.25, 0.3) is 22.3 Å². The average molecular weight is 494 g/mol. The summed E-state index contributed by atoms with van der Waals surface area (Å²) in [6, 6.07) is 12.1. The van der Waals surface area contributed by atoms with Gasteiger partial charge in [-0.15, -0.1) is 10.2 Å². The third-order valence-electron chi connectivity index (χ3n) is 6.00. The molecule has 0 unspecified atom stereocenters. The maximum atomic E-state index is 12.7. The van der Waals surface area contributed by atoms with E-state index in [0.29, 0.717) is 29.8 Å².